The Kier molecular flexibility index (Phi) is 6.70. The van der Waals surface area contributed by atoms with Crippen molar-refractivity contribution in [3.63, 3.8) is 0 Å². The molecule has 8 heteroatoms. The molecule has 0 radical (unpaired) electrons. The van der Waals surface area contributed by atoms with E-state index >= 15 is 0 Å². The van der Waals surface area contributed by atoms with Crippen LogP contribution in [0.25, 0.3) is 0 Å². The minimum atomic E-state index is -0.540. The number of halogens is 1. The van der Waals surface area contributed by atoms with Gasteiger partial charge in [-0.2, -0.15) is 5.26 Å². The van der Waals surface area contributed by atoms with Crippen molar-refractivity contribution in [2.75, 3.05) is 31.5 Å². The quantitative estimate of drug-likeness (QED) is 0.632. The third-order valence-electron chi connectivity index (χ3n) is 3.74. The second kappa shape index (κ2) is 8.78. The largest absolute Gasteiger partial charge is 0.444 e. The molecule has 1 heterocycles. The molecule has 0 spiro atoms. The van der Waals surface area contributed by atoms with Gasteiger partial charge in [0, 0.05) is 43.1 Å². The number of amides is 2. The van der Waals surface area contributed by atoms with Gasteiger partial charge in [0.15, 0.2) is 0 Å². The van der Waals surface area contributed by atoms with Crippen molar-refractivity contribution >= 4 is 29.3 Å². The van der Waals surface area contributed by atoms with E-state index in [9.17, 15) is 14.9 Å². The molecular formula is C19H23ClN4O3. The number of hydrogen-bond acceptors (Lipinski definition) is 5. The highest BCUT2D eigenvalue weighted by Crippen LogP contribution is 2.15. The van der Waals surface area contributed by atoms with Crippen LogP contribution in [0.2, 0.25) is 5.02 Å². The Morgan fingerprint density at radius 2 is 1.78 bits per heavy atom. The first kappa shape index (κ1) is 20.6. The normalized spacial score (nSPS) is 15.1. The summed E-state index contributed by atoms with van der Waals surface area (Å²) in [7, 11) is 0. The summed E-state index contributed by atoms with van der Waals surface area (Å²) < 4.78 is 5.35. The van der Waals surface area contributed by atoms with E-state index in [1.807, 2.05) is 31.7 Å². The zero-order valence-corrected chi connectivity index (χ0v) is 16.4. The molecule has 0 saturated carbocycles. The predicted molar refractivity (Wildman–Crippen MR) is 103 cm³/mol. The van der Waals surface area contributed by atoms with Gasteiger partial charge in [0.2, 0.25) is 0 Å². The molecule has 0 aliphatic carbocycles. The molecule has 2 amide bonds. The average molecular weight is 391 g/mol. The van der Waals surface area contributed by atoms with E-state index in [1.54, 1.807) is 29.2 Å². The number of nitriles is 1. The standard InChI is InChI=1S/C19H23ClN4O3/c1-19(2,3)27-18(26)24-10-8-23(9-11-24)13-14(12-21)17(25)22-16-6-4-15(20)5-7-16/h4-7,13H,8-11H2,1-3H3,(H,22,25)/b14-13-. The lowest BCUT2D eigenvalue weighted by Gasteiger charge is -2.35. The highest BCUT2D eigenvalue weighted by Gasteiger charge is 2.25. The van der Waals surface area contributed by atoms with Crippen LogP contribution < -0.4 is 5.32 Å². The highest BCUT2D eigenvalue weighted by molar-refractivity contribution is 6.30. The lowest BCUT2D eigenvalue weighted by atomic mass is 10.2. The van der Waals surface area contributed by atoms with Crippen LogP contribution in [0.3, 0.4) is 0 Å². The van der Waals surface area contributed by atoms with Crippen LogP contribution in [0.15, 0.2) is 36.0 Å². The number of nitrogens with one attached hydrogen (secondary N) is 1. The summed E-state index contributed by atoms with van der Waals surface area (Å²) in [6, 6.07) is 8.56. The molecule has 1 aromatic carbocycles. The molecule has 0 aromatic heterocycles. The van der Waals surface area contributed by atoms with Gasteiger partial charge in [0.25, 0.3) is 5.91 Å². The van der Waals surface area contributed by atoms with Gasteiger partial charge in [0.1, 0.15) is 17.2 Å². The summed E-state index contributed by atoms with van der Waals surface area (Å²) in [4.78, 5) is 27.8. The molecule has 0 bridgehead atoms. The number of carbonyl (C=O) groups is 2. The minimum absolute atomic E-state index is 0.00401. The first-order valence-corrected chi connectivity index (χ1v) is 8.96. The molecule has 1 aliphatic heterocycles. The molecule has 7 nitrogen and oxygen atoms in total. The molecule has 144 valence electrons. The molecule has 27 heavy (non-hydrogen) atoms. The van der Waals surface area contributed by atoms with Crippen LogP contribution >= 0.6 is 11.6 Å². The highest BCUT2D eigenvalue weighted by atomic mass is 35.5. The monoisotopic (exact) mass is 390 g/mol. The molecule has 1 N–H and O–H groups in total. The number of piperazine rings is 1. The van der Waals surface area contributed by atoms with Crippen molar-refractivity contribution < 1.29 is 14.3 Å². The maximum Gasteiger partial charge on any atom is 0.410 e. The molecule has 1 aromatic rings. The van der Waals surface area contributed by atoms with Gasteiger partial charge in [-0.25, -0.2) is 4.79 Å². The van der Waals surface area contributed by atoms with E-state index in [1.165, 1.54) is 6.20 Å². The Bertz CT molecular complexity index is 755. The van der Waals surface area contributed by atoms with Gasteiger partial charge in [0.05, 0.1) is 0 Å². The van der Waals surface area contributed by atoms with Gasteiger partial charge in [-0.15, -0.1) is 0 Å². The summed E-state index contributed by atoms with van der Waals surface area (Å²) in [5, 5.41) is 12.5. The van der Waals surface area contributed by atoms with Crippen molar-refractivity contribution in [3.8, 4) is 6.07 Å². The van der Waals surface area contributed by atoms with Gasteiger partial charge >= 0.3 is 6.09 Å². The summed E-state index contributed by atoms with van der Waals surface area (Å²) >= 11 is 5.82. The third-order valence-corrected chi connectivity index (χ3v) is 4.00. The summed E-state index contributed by atoms with van der Waals surface area (Å²) in [5.74, 6) is -0.491. The third kappa shape index (κ3) is 6.50. The minimum Gasteiger partial charge on any atom is -0.444 e. The number of rotatable bonds is 3. The molecular weight excluding hydrogens is 368 g/mol. The van der Waals surface area contributed by atoms with Crippen LogP contribution in [-0.4, -0.2) is 53.6 Å². The summed E-state index contributed by atoms with van der Waals surface area (Å²) in [6.45, 7) is 7.41. The number of ether oxygens (including phenoxy) is 1. The first-order chi connectivity index (χ1) is 12.7. The van der Waals surface area contributed by atoms with Crippen LogP contribution in [0.4, 0.5) is 10.5 Å². The average Bonchev–Trinajstić information content (AvgIpc) is 2.60. The van der Waals surface area contributed by atoms with E-state index in [-0.39, 0.29) is 11.7 Å². The number of carbonyl (C=O) groups excluding carboxylic acids is 2. The second-order valence-electron chi connectivity index (χ2n) is 7.12. The van der Waals surface area contributed by atoms with Gasteiger partial charge in [-0.3, -0.25) is 4.79 Å². The zero-order chi connectivity index (χ0) is 20.0. The fraction of sp³-hybridized carbons (Fsp3) is 0.421. The van der Waals surface area contributed by atoms with E-state index in [0.717, 1.165) is 0 Å². The smallest absolute Gasteiger partial charge is 0.410 e. The number of benzene rings is 1. The van der Waals surface area contributed by atoms with Crippen molar-refractivity contribution in [3.05, 3.63) is 41.1 Å². The van der Waals surface area contributed by atoms with Gasteiger partial charge in [-0.05, 0) is 45.0 Å². The van der Waals surface area contributed by atoms with E-state index in [2.05, 4.69) is 5.32 Å². The van der Waals surface area contributed by atoms with Crippen molar-refractivity contribution in [1.82, 2.24) is 9.80 Å². The molecule has 1 fully saturated rings. The number of hydrogen-bond donors (Lipinski definition) is 1. The predicted octanol–water partition coefficient (Wildman–Crippen LogP) is 3.24. The van der Waals surface area contributed by atoms with Crippen molar-refractivity contribution in [2.45, 2.75) is 26.4 Å². The van der Waals surface area contributed by atoms with Crippen LogP contribution in [0, 0.1) is 11.3 Å². The molecule has 1 saturated heterocycles. The molecule has 0 unspecified atom stereocenters. The maximum absolute atomic E-state index is 12.3. The Balaban J connectivity index is 1.93. The number of anilines is 1. The fourth-order valence-corrected chi connectivity index (χ4v) is 2.54. The molecule has 0 atom stereocenters. The van der Waals surface area contributed by atoms with Crippen LogP contribution in [-0.2, 0) is 9.53 Å². The van der Waals surface area contributed by atoms with Gasteiger partial charge < -0.3 is 19.9 Å². The van der Waals surface area contributed by atoms with Gasteiger partial charge in [-0.1, -0.05) is 11.6 Å². The van der Waals surface area contributed by atoms with Crippen molar-refractivity contribution in [1.29, 1.82) is 5.26 Å². The Morgan fingerprint density at radius 3 is 2.30 bits per heavy atom. The Labute approximate surface area is 164 Å². The van der Waals surface area contributed by atoms with Crippen LogP contribution in [0.1, 0.15) is 20.8 Å². The summed E-state index contributed by atoms with van der Waals surface area (Å²) in [5.41, 5.74) is 0.0120. The zero-order valence-electron chi connectivity index (χ0n) is 15.7. The van der Waals surface area contributed by atoms with Crippen molar-refractivity contribution in [2.24, 2.45) is 0 Å². The van der Waals surface area contributed by atoms with Crippen LogP contribution in [0.5, 0.6) is 0 Å². The Hall–Kier alpha value is -2.72. The lowest BCUT2D eigenvalue weighted by Crippen LogP contribution is -2.48. The number of nitrogens with zero attached hydrogens (tertiary/aromatic N) is 3. The molecule has 1 aliphatic rings. The van der Waals surface area contributed by atoms with E-state index in [0.29, 0.717) is 36.9 Å². The first-order valence-electron chi connectivity index (χ1n) is 8.59. The van der Waals surface area contributed by atoms with E-state index in [4.69, 9.17) is 16.3 Å². The second-order valence-corrected chi connectivity index (χ2v) is 7.56. The topological polar surface area (TPSA) is 85.7 Å². The fourth-order valence-electron chi connectivity index (χ4n) is 2.41. The summed E-state index contributed by atoms with van der Waals surface area (Å²) in [6.07, 6.45) is 1.17. The maximum atomic E-state index is 12.3. The van der Waals surface area contributed by atoms with E-state index < -0.39 is 11.5 Å². The SMILES string of the molecule is CC(C)(C)OC(=O)N1CCN(/C=C(/C#N)C(=O)Nc2ccc(Cl)cc2)CC1. The lowest BCUT2D eigenvalue weighted by molar-refractivity contribution is -0.112. The molecule has 2 rings (SSSR count). The Morgan fingerprint density at radius 1 is 1.19 bits per heavy atom.